The number of aryl methyl sites for hydroxylation is 1. The van der Waals surface area contributed by atoms with Crippen LogP contribution in [0.25, 0.3) is 67.5 Å². The Morgan fingerprint density at radius 3 is 2.07 bits per heavy atom. The molecule has 0 bridgehead atoms. The van der Waals surface area contributed by atoms with Crippen LogP contribution in [-0.2, 0) is 0 Å². The lowest BCUT2D eigenvalue weighted by Crippen LogP contribution is -2.31. The van der Waals surface area contributed by atoms with Gasteiger partial charge in [-0.05, 0) is 100 Å². The Balaban J connectivity index is 1.36. The van der Waals surface area contributed by atoms with Crippen LogP contribution in [0.15, 0.2) is 115 Å². The monoisotopic (exact) mass is 540 g/mol. The summed E-state index contributed by atoms with van der Waals surface area (Å²) in [5.74, 6) is 1.01. The third-order valence-corrected chi connectivity index (χ3v) is 8.70. The van der Waals surface area contributed by atoms with Gasteiger partial charge in [0.15, 0.2) is 0 Å². The molecular formula is C40H32N2. The zero-order chi connectivity index (χ0) is 28.0. The summed E-state index contributed by atoms with van der Waals surface area (Å²) in [6.07, 6.45) is 16.0. The fourth-order valence-electron chi connectivity index (χ4n) is 6.79. The molecule has 2 nitrogen and oxygen atoms in total. The van der Waals surface area contributed by atoms with E-state index in [0.29, 0.717) is 0 Å². The topological polar surface area (TPSA) is 17.8 Å². The predicted molar refractivity (Wildman–Crippen MR) is 178 cm³/mol. The Hall–Kier alpha value is -4.95. The van der Waals surface area contributed by atoms with Crippen molar-refractivity contribution in [1.29, 1.82) is 0 Å². The number of benzene rings is 5. The van der Waals surface area contributed by atoms with Crippen LogP contribution in [0.5, 0.6) is 0 Å². The SMILES string of the molecule is Cc1ccc2c(-c3ccccc3)c3c(c(-c4ccc(-n5c(C6=CCCC=C6)nc6ccccc65)cc4)c2c1)=CCCC=3. The summed E-state index contributed by atoms with van der Waals surface area (Å²) in [6.45, 7) is 2.20. The minimum absolute atomic E-state index is 1.01. The summed E-state index contributed by atoms with van der Waals surface area (Å²) in [4.78, 5) is 5.07. The second-order valence-corrected chi connectivity index (χ2v) is 11.4. The number of fused-ring (bicyclic) bond motifs is 3. The third kappa shape index (κ3) is 4.06. The molecule has 0 spiro atoms. The molecule has 2 heteroatoms. The van der Waals surface area contributed by atoms with Gasteiger partial charge in [-0.25, -0.2) is 4.98 Å². The van der Waals surface area contributed by atoms with Crippen LogP contribution in [0.3, 0.4) is 0 Å². The first kappa shape index (κ1) is 24.8. The minimum Gasteiger partial charge on any atom is -0.292 e. The molecule has 5 aromatic carbocycles. The van der Waals surface area contributed by atoms with Crippen LogP contribution in [0, 0.1) is 6.92 Å². The molecule has 0 atom stereocenters. The van der Waals surface area contributed by atoms with Crippen molar-refractivity contribution in [3.8, 4) is 27.9 Å². The fraction of sp³-hybridized carbons (Fsp3) is 0.125. The van der Waals surface area contributed by atoms with Gasteiger partial charge in [0.2, 0.25) is 0 Å². The summed E-state index contributed by atoms with van der Waals surface area (Å²) < 4.78 is 2.32. The molecular weight excluding hydrogens is 508 g/mol. The molecule has 6 aromatic rings. The zero-order valence-electron chi connectivity index (χ0n) is 23.8. The van der Waals surface area contributed by atoms with Crippen LogP contribution in [-0.4, -0.2) is 9.55 Å². The van der Waals surface area contributed by atoms with E-state index in [0.717, 1.165) is 48.2 Å². The van der Waals surface area contributed by atoms with Crippen LogP contribution < -0.4 is 10.4 Å². The summed E-state index contributed by atoms with van der Waals surface area (Å²) in [7, 11) is 0. The maximum absolute atomic E-state index is 5.07. The molecule has 0 amide bonds. The van der Waals surface area contributed by atoms with Gasteiger partial charge in [0.25, 0.3) is 0 Å². The summed E-state index contributed by atoms with van der Waals surface area (Å²) in [5, 5.41) is 5.35. The standard InChI is InChI=1S/C40H32N2/c1-27-20-25-34-35(26-27)39(33-17-9-8-16-32(33)38(34)28-12-4-2-5-13-28)29-21-23-31(24-22-29)42-37-19-11-10-18-36(37)41-40(42)30-14-6-3-7-15-30/h2,4-6,10-26H,3,7-9H2,1H3. The molecule has 0 saturated heterocycles. The number of allylic oxidation sites excluding steroid dienone is 4. The second-order valence-electron chi connectivity index (χ2n) is 11.4. The largest absolute Gasteiger partial charge is 0.292 e. The number of imidazole rings is 1. The molecule has 1 heterocycles. The maximum Gasteiger partial charge on any atom is 0.145 e. The Bertz CT molecular complexity index is 2180. The Kier molecular flexibility index (Phi) is 6.00. The number of para-hydroxylation sites is 2. The second kappa shape index (κ2) is 10.2. The highest BCUT2D eigenvalue weighted by atomic mass is 15.1. The van der Waals surface area contributed by atoms with Crippen molar-refractivity contribution in [2.45, 2.75) is 32.6 Å². The van der Waals surface area contributed by atoms with Crippen molar-refractivity contribution in [2.75, 3.05) is 0 Å². The van der Waals surface area contributed by atoms with E-state index in [1.54, 1.807) is 0 Å². The van der Waals surface area contributed by atoms with Crippen molar-refractivity contribution in [3.63, 3.8) is 0 Å². The Morgan fingerprint density at radius 1 is 0.619 bits per heavy atom. The first-order chi connectivity index (χ1) is 20.8. The lowest BCUT2D eigenvalue weighted by Gasteiger charge is -2.18. The van der Waals surface area contributed by atoms with Gasteiger partial charge in [0.05, 0.1) is 11.0 Å². The van der Waals surface area contributed by atoms with Crippen molar-refractivity contribution < 1.29 is 0 Å². The highest BCUT2D eigenvalue weighted by Gasteiger charge is 2.18. The smallest absolute Gasteiger partial charge is 0.145 e. The molecule has 0 N–H and O–H groups in total. The van der Waals surface area contributed by atoms with Crippen LogP contribution in [0.1, 0.15) is 37.1 Å². The van der Waals surface area contributed by atoms with Crippen molar-refractivity contribution in [2.24, 2.45) is 0 Å². The molecule has 0 aliphatic heterocycles. The van der Waals surface area contributed by atoms with Crippen molar-refractivity contribution in [3.05, 3.63) is 137 Å². The van der Waals surface area contributed by atoms with Gasteiger partial charge < -0.3 is 0 Å². The number of nitrogens with zero attached hydrogens (tertiary/aromatic N) is 2. The minimum atomic E-state index is 1.01. The molecule has 0 saturated carbocycles. The molecule has 8 rings (SSSR count). The third-order valence-electron chi connectivity index (χ3n) is 8.70. The molecule has 1 aromatic heterocycles. The Labute approximate surface area is 246 Å². The molecule has 42 heavy (non-hydrogen) atoms. The number of hydrogen-bond acceptors (Lipinski definition) is 1. The molecule has 2 aliphatic carbocycles. The maximum atomic E-state index is 5.07. The summed E-state index contributed by atoms with van der Waals surface area (Å²) in [6, 6.07) is 35.4. The van der Waals surface area contributed by atoms with Gasteiger partial charge in [-0.1, -0.05) is 109 Å². The summed E-state index contributed by atoms with van der Waals surface area (Å²) >= 11 is 0. The number of rotatable bonds is 4. The van der Waals surface area contributed by atoms with Gasteiger partial charge >= 0.3 is 0 Å². The number of hydrogen-bond donors (Lipinski definition) is 0. The average Bonchev–Trinajstić information content (AvgIpc) is 3.44. The molecule has 202 valence electrons. The van der Waals surface area contributed by atoms with E-state index in [1.807, 2.05) is 0 Å². The van der Waals surface area contributed by atoms with Gasteiger partial charge in [0, 0.05) is 11.3 Å². The van der Waals surface area contributed by atoms with E-state index in [-0.39, 0.29) is 0 Å². The van der Waals surface area contributed by atoms with Crippen molar-refractivity contribution >= 4 is 39.5 Å². The average molecular weight is 541 g/mol. The lowest BCUT2D eigenvalue weighted by molar-refractivity contribution is 1.01. The first-order valence-electron chi connectivity index (χ1n) is 15.0. The van der Waals surface area contributed by atoms with Gasteiger partial charge in [-0.15, -0.1) is 0 Å². The zero-order valence-corrected chi connectivity index (χ0v) is 23.8. The molecule has 0 radical (unpaired) electrons. The number of aromatic nitrogens is 2. The van der Waals surface area contributed by atoms with Crippen molar-refractivity contribution in [1.82, 2.24) is 9.55 Å². The predicted octanol–water partition coefficient (Wildman–Crippen LogP) is 8.91. The van der Waals surface area contributed by atoms with Crippen LogP contribution in [0.2, 0.25) is 0 Å². The quantitative estimate of drug-likeness (QED) is 0.218. The van der Waals surface area contributed by atoms with Crippen LogP contribution >= 0.6 is 0 Å². The van der Waals surface area contributed by atoms with E-state index in [4.69, 9.17) is 4.98 Å². The first-order valence-corrected chi connectivity index (χ1v) is 15.0. The van der Waals surface area contributed by atoms with Gasteiger partial charge in [0.1, 0.15) is 5.82 Å². The van der Waals surface area contributed by atoms with E-state index in [2.05, 4.69) is 139 Å². The Morgan fingerprint density at radius 2 is 1.31 bits per heavy atom. The van der Waals surface area contributed by atoms with Gasteiger partial charge in [-0.2, -0.15) is 0 Å². The fourth-order valence-corrected chi connectivity index (χ4v) is 6.79. The normalized spacial score (nSPS) is 14.4. The van der Waals surface area contributed by atoms with E-state index in [9.17, 15) is 0 Å². The highest BCUT2D eigenvalue weighted by Crippen LogP contribution is 2.34. The van der Waals surface area contributed by atoms with Gasteiger partial charge in [-0.3, -0.25) is 4.57 Å². The lowest BCUT2D eigenvalue weighted by atomic mass is 9.85. The molecule has 0 fully saturated rings. The molecule has 0 unspecified atom stereocenters. The van der Waals surface area contributed by atoms with E-state index >= 15 is 0 Å². The van der Waals surface area contributed by atoms with Crippen LogP contribution in [0.4, 0.5) is 0 Å². The molecule has 2 aliphatic rings. The van der Waals surface area contributed by atoms with E-state index in [1.165, 1.54) is 54.6 Å². The summed E-state index contributed by atoms with van der Waals surface area (Å²) in [5.41, 5.74) is 11.0. The van der Waals surface area contributed by atoms with E-state index < -0.39 is 0 Å². The highest BCUT2D eigenvalue weighted by molar-refractivity contribution is 6.06.